The number of aryl methyl sites for hydroxylation is 1. The van der Waals surface area contributed by atoms with Gasteiger partial charge in [-0.3, -0.25) is 9.59 Å². The highest BCUT2D eigenvalue weighted by atomic mass is 16.5. The average Bonchev–Trinajstić information content (AvgIpc) is 3.28. The number of piperidine rings is 1. The lowest BCUT2D eigenvalue weighted by Crippen LogP contribution is -2.43. The van der Waals surface area contributed by atoms with E-state index in [1.54, 1.807) is 13.0 Å². The Bertz CT molecular complexity index is 577. The molecule has 2 heterocycles. The molecule has 1 aliphatic carbocycles. The molecule has 5 heteroatoms. The molecule has 1 unspecified atom stereocenters. The third-order valence-corrected chi connectivity index (χ3v) is 4.16. The number of H-pyrrole nitrogens is 1. The van der Waals surface area contributed by atoms with Crippen LogP contribution in [-0.2, 0) is 4.74 Å². The Balaban J connectivity index is 1.63. The number of ether oxygens (including phenoxy) is 1. The number of hydrogen-bond acceptors (Lipinski definition) is 3. The molecule has 2 aliphatic rings. The number of nitrogens with one attached hydrogen (secondary N) is 1. The molecule has 0 radical (unpaired) electrons. The van der Waals surface area contributed by atoms with Crippen molar-refractivity contribution >= 4 is 5.91 Å². The van der Waals surface area contributed by atoms with E-state index in [0.29, 0.717) is 17.8 Å². The van der Waals surface area contributed by atoms with Crippen LogP contribution in [0.25, 0.3) is 0 Å². The first kappa shape index (κ1) is 14.3. The van der Waals surface area contributed by atoms with Crippen molar-refractivity contribution in [1.82, 2.24) is 9.88 Å². The topological polar surface area (TPSA) is 62.4 Å². The Morgan fingerprint density at radius 2 is 2.19 bits per heavy atom. The van der Waals surface area contributed by atoms with Crippen molar-refractivity contribution in [3.8, 4) is 0 Å². The molecule has 2 fully saturated rings. The van der Waals surface area contributed by atoms with Crippen LogP contribution in [0.1, 0.15) is 41.7 Å². The molecule has 21 heavy (non-hydrogen) atoms. The van der Waals surface area contributed by atoms with Gasteiger partial charge in [0.2, 0.25) is 5.56 Å². The van der Waals surface area contributed by atoms with E-state index in [-0.39, 0.29) is 17.6 Å². The summed E-state index contributed by atoms with van der Waals surface area (Å²) < 4.78 is 5.91. The maximum atomic E-state index is 12.5. The first-order valence-electron chi connectivity index (χ1n) is 7.73. The van der Waals surface area contributed by atoms with Crippen LogP contribution in [0.5, 0.6) is 0 Å². The van der Waals surface area contributed by atoms with E-state index in [2.05, 4.69) is 4.98 Å². The first-order chi connectivity index (χ1) is 10.1. The molecule has 3 rings (SSSR count). The number of carbonyl (C=O) groups excluding carboxylic acids is 1. The minimum Gasteiger partial charge on any atom is -0.376 e. The second-order valence-electron chi connectivity index (χ2n) is 6.21. The van der Waals surface area contributed by atoms with E-state index in [4.69, 9.17) is 4.74 Å². The minimum absolute atomic E-state index is 0.0658. The number of pyridine rings is 1. The van der Waals surface area contributed by atoms with Crippen LogP contribution < -0.4 is 5.56 Å². The molecule has 1 amide bonds. The molecule has 1 saturated carbocycles. The lowest BCUT2D eigenvalue weighted by molar-refractivity contribution is -0.00243. The Labute approximate surface area is 124 Å². The second-order valence-corrected chi connectivity index (χ2v) is 6.21. The normalized spacial score (nSPS) is 22.3. The Kier molecular flexibility index (Phi) is 4.10. The monoisotopic (exact) mass is 290 g/mol. The quantitative estimate of drug-likeness (QED) is 0.918. The Hall–Kier alpha value is -1.62. The van der Waals surface area contributed by atoms with Gasteiger partial charge in [0.25, 0.3) is 5.91 Å². The summed E-state index contributed by atoms with van der Waals surface area (Å²) >= 11 is 0. The molecular formula is C16H22N2O3. The van der Waals surface area contributed by atoms with Gasteiger partial charge in [0.1, 0.15) is 0 Å². The summed E-state index contributed by atoms with van der Waals surface area (Å²) in [6.45, 7) is 4.00. The van der Waals surface area contributed by atoms with Crippen molar-refractivity contribution in [2.75, 3.05) is 19.7 Å². The third-order valence-electron chi connectivity index (χ3n) is 4.16. The van der Waals surface area contributed by atoms with Crippen LogP contribution in [0.3, 0.4) is 0 Å². The lowest BCUT2D eigenvalue weighted by atomic mass is 10.1. The van der Waals surface area contributed by atoms with E-state index in [1.165, 1.54) is 18.9 Å². The number of carbonyl (C=O) groups is 1. The van der Waals surface area contributed by atoms with Gasteiger partial charge in [-0.2, -0.15) is 0 Å². The fraction of sp³-hybridized carbons (Fsp3) is 0.625. The molecular weight excluding hydrogens is 268 g/mol. The summed E-state index contributed by atoms with van der Waals surface area (Å²) in [6, 6.07) is 3.11. The molecule has 0 aromatic carbocycles. The Morgan fingerprint density at radius 1 is 1.38 bits per heavy atom. The van der Waals surface area contributed by atoms with E-state index in [0.717, 1.165) is 31.9 Å². The number of hydrogen-bond donors (Lipinski definition) is 1. The zero-order valence-electron chi connectivity index (χ0n) is 12.4. The predicted molar refractivity (Wildman–Crippen MR) is 79.4 cm³/mol. The van der Waals surface area contributed by atoms with Crippen LogP contribution in [0.2, 0.25) is 0 Å². The summed E-state index contributed by atoms with van der Waals surface area (Å²) in [7, 11) is 0. The molecule has 1 atom stereocenters. The smallest absolute Gasteiger partial charge is 0.254 e. The summed E-state index contributed by atoms with van der Waals surface area (Å²) in [5.74, 6) is 0.676. The van der Waals surface area contributed by atoms with E-state index in [9.17, 15) is 9.59 Å². The molecule has 0 bridgehead atoms. The van der Waals surface area contributed by atoms with Crippen LogP contribution in [0.4, 0.5) is 0 Å². The second kappa shape index (κ2) is 6.02. The van der Waals surface area contributed by atoms with Crippen molar-refractivity contribution in [2.45, 2.75) is 38.7 Å². The summed E-state index contributed by atoms with van der Waals surface area (Å²) in [6.07, 6.45) is 4.68. The third kappa shape index (κ3) is 3.73. The van der Waals surface area contributed by atoms with Crippen molar-refractivity contribution in [3.63, 3.8) is 0 Å². The van der Waals surface area contributed by atoms with Gasteiger partial charge in [-0.25, -0.2) is 0 Å². The number of nitrogens with zero attached hydrogens (tertiary/aromatic N) is 1. The standard InChI is InChI=1S/C16H22N2O3/c1-11-7-13(8-15(19)17-11)16(20)18-6-2-3-14(9-18)21-10-12-4-5-12/h7-8,12,14H,2-6,9-10H2,1H3,(H,17,19). The molecule has 1 N–H and O–H groups in total. The highest BCUT2D eigenvalue weighted by molar-refractivity contribution is 5.94. The summed E-state index contributed by atoms with van der Waals surface area (Å²) in [4.78, 5) is 28.5. The number of rotatable bonds is 4. The molecule has 1 aliphatic heterocycles. The number of aromatic nitrogens is 1. The van der Waals surface area contributed by atoms with Gasteiger partial charge in [0, 0.05) is 37.0 Å². The molecule has 1 aromatic heterocycles. The SMILES string of the molecule is Cc1cc(C(=O)N2CCCC(OCC3CC3)C2)cc(=O)[nH]1. The highest BCUT2D eigenvalue weighted by Crippen LogP contribution is 2.30. The zero-order valence-corrected chi connectivity index (χ0v) is 12.4. The van der Waals surface area contributed by atoms with Crippen LogP contribution in [0.15, 0.2) is 16.9 Å². The summed E-state index contributed by atoms with van der Waals surface area (Å²) in [5.41, 5.74) is 0.959. The maximum absolute atomic E-state index is 12.5. The van der Waals surface area contributed by atoms with E-state index in [1.807, 2.05) is 4.90 Å². The molecule has 5 nitrogen and oxygen atoms in total. The van der Waals surface area contributed by atoms with E-state index >= 15 is 0 Å². The zero-order chi connectivity index (χ0) is 14.8. The highest BCUT2D eigenvalue weighted by Gasteiger charge is 2.28. The van der Waals surface area contributed by atoms with Gasteiger partial charge in [0.15, 0.2) is 0 Å². The first-order valence-corrected chi connectivity index (χ1v) is 7.73. The molecule has 0 spiro atoms. The van der Waals surface area contributed by atoms with Crippen molar-refractivity contribution in [1.29, 1.82) is 0 Å². The van der Waals surface area contributed by atoms with Gasteiger partial charge in [0.05, 0.1) is 6.10 Å². The van der Waals surface area contributed by atoms with Crippen LogP contribution >= 0.6 is 0 Å². The van der Waals surface area contributed by atoms with Gasteiger partial charge in [-0.05, 0) is 44.6 Å². The Morgan fingerprint density at radius 3 is 2.90 bits per heavy atom. The fourth-order valence-electron chi connectivity index (χ4n) is 2.80. The number of likely N-dealkylation sites (tertiary alicyclic amines) is 1. The average molecular weight is 290 g/mol. The fourth-order valence-corrected chi connectivity index (χ4v) is 2.80. The molecule has 1 saturated heterocycles. The van der Waals surface area contributed by atoms with Crippen LogP contribution in [-0.4, -0.2) is 41.6 Å². The molecule has 1 aromatic rings. The minimum atomic E-state index is -0.225. The van der Waals surface area contributed by atoms with Crippen molar-refractivity contribution in [2.24, 2.45) is 5.92 Å². The lowest BCUT2D eigenvalue weighted by Gasteiger charge is -2.32. The number of amides is 1. The van der Waals surface area contributed by atoms with Gasteiger partial charge in [-0.1, -0.05) is 0 Å². The van der Waals surface area contributed by atoms with Crippen LogP contribution in [0, 0.1) is 12.8 Å². The maximum Gasteiger partial charge on any atom is 0.254 e. The number of aromatic amines is 1. The van der Waals surface area contributed by atoms with Crippen molar-refractivity contribution in [3.05, 3.63) is 33.7 Å². The van der Waals surface area contributed by atoms with Gasteiger partial charge >= 0.3 is 0 Å². The van der Waals surface area contributed by atoms with Gasteiger partial charge < -0.3 is 14.6 Å². The largest absolute Gasteiger partial charge is 0.376 e. The van der Waals surface area contributed by atoms with Crippen molar-refractivity contribution < 1.29 is 9.53 Å². The summed E-state index contributed by atoms with van der Waals surface area (Å²) in [5, 5.41) is 0. The van der Waals surface area contributed by atoms with Gasteiger partial charge in [-0.15, -0.1) is 0 Å². The van der Waals surface area contributed by atoms with E-state index < -0.39 is 0 Å². The molecule has 114 valence electrons. The predicted octanol–water partition coefficient (Wildman–Crippen LogP) is 1.71.